The van der Waals surface area contributed by atoms with Crippen LogP contribution in [0.1, 0.15) is 18.5 Å². The molecule has 7 heteroatoms. The molecule has 0 spiro atoms. The normalized spacial score (nSPS) is 11.3. The van der Waals surface area contributed by atoms with E-state index in [1.165, 1.54) is 0 Å². The zero-order valence-electron chi connectivity index (χ0n) is 9.87. The number of pyridine rings is 1. The molecule has 0 aliphatic rings. The van der Waals surface area contributed by atoms with Crippen molar-refractivity contribution in [2.45, 2.75) is 19.3 Å². The molecular formula is C11H16N2O4S. The Morgan fingerprint density at radius 2 is 2.17 bits per heavy atom. The Morgan fingerprint density at radius 1 is 1.39 bits per heavy atom. The largest absolute Gasteiger partial charge is 0.481 e. The van der Waals surface area contributed by atoms with Crippen molar-refractivity contribution in [3.8, 4) is 0 Å². The fraction of sp³-hybridized carbons (Fsp3) is 0.455. The average Bonchev–Trinajstić information content (AvgIpc) is 2.34. The Balaban J connectivity index is 2.30. The van der Waals surface area contributed by atoms with Crippen molar-refractivity contribution < 1.29 is 18.3 Å². The molecule has 2 N–H and O–H groups in total. The van der Waals surface area contributed by atoms with Crippen LogP contribution < -0.4 is 4.72 Å². The molecule has 1 heterocycles. The molecule has 0 bridgehead atoms. The molecule has 1 aromatic rings. The molecule has 6 nitrogen and oxygen atoms in total. The summed E-state index contributed by atoms with van der Waals surface area (Å²) in [4.78, 5) is 14.3. The first-order valence-electron chi connectivity index (χ1n) is 5.59. The van der Waals surface area contributed by atoms with Gasteiger partial charge < -0.3 is 5.11 Å². The third-order valence-corrected chi connectivity index (χ3v) is 3.63. The number of carboxylic acids is 1. The molecule has 0 saturated heterocycles. The number of aromatic nitrogens is 1. The second-order valence-electron chi connectivity index (χ2n) is 3.78. The minimum absolute atomic E-state index is 0.0389. The first-order valence-corrected chi connectivity index (χ1v) is 7.24. The zero-order chi connectivity index (χ0) is 13.4. The van der Waals surface area contributed by atoms with Gasteiger partial charge in [-0.3, -0.25) is 9.78 Å². The van der Waals surface area contributed by atoms with Crippen LogP contribution in [0.2, 0.25) is 0 Å². The number of aryl methyl sites for hydroxylation is 1. The zero-order valence-corrected chi connectivity index (χ0v) is 10.7. The molecule has 0 aliphatic heterocycles. The topological polar surface area (TPSA) is 96.4 Å². The second kappa shape index (κ2) is 7.07. The first kappa shape index (κ1) is 14.6. The fourth-order valence-electron chi connectivity index (χ4n) is 1.32. The van der Waals surface area contributed by atoms with Crippen molar-refractivity contribution in [2.75, 3.05) is 12.3 Å². The number of hydrogen-bond acceptors (Lipinski definition) is 4. The van der Waals surface area contributed by atoms with Crippen molar-refractivity contribution in [1.29, 1.82) is 0 Å². The summed E-state index contributed by atoms with van der Waals surface area (Å²) in [5, 5.41) is 8.41. The summed E-state index contributed by atoms with van der Waals surface area (Å²) in [5.74, 6) is -0.973. The number of carboxylic acid groups (broad SMARTS) is 1. The molecule has 0 aliphatic carbocycles. The van der Waals surface area contributed by atoms with Gasteiger partial charge in [0.05, 0.1) is 5.75 Å². The highest BCUT2D eigenvalue weighted by Crippen LogP contribution is 1.98. The molecule has 0 atom stereocenters. The molecule has 0 radical (unpaired) electrons. The lowest BCUT2D eigenvalue weighted by molar-refractivity contribution is -0.137. The van der Waals surface area contributed by atoms with Gasteiger partial charge in [-0.1, -0.05) is 6.07 Å². The third-order valence-electron chi connectivity index (χ3n) is 2.24. The maximum atomic E-state index is 11.6. The van der Waals surface area contributed by atoms with Crippen molar-refractivity contribution in [3.05, 3.63) is 30.1 Å². The molecule has 1 rings (SSSR count). The van der Waals surface area contributed by atoms with E-state index in [4.69, 9.17) is 5.11 Å². The van der Waals surface area contributed by atoms with Gasteiger partial charge in [0.1, 0.15) is 0 Å². The van der Waals surface area contributed by atoms with Gasteiger partial charge in [-0.15, -0.1) is 0 Å². The van der Waals surface area contributed by atoms with E-state index in [0.29, 0.717) is 12.1 Å². The van der Waals surface area contributed by atoms with Gasteiger partial charge in [-0.2, -0.15) is 0 Å². The fourth-order valence-corrected chi connectivity index (χ4v) is 2.40. The van der Waals surface area contributed by atoms with Crippen molar-refractivity contribution in [2.24, 2.45) is 0 Å². The lowest BCUT2D eigenvalue weighted by atomic mass is 10.3. The highest BCUT2D eigenvalue weighted by Gasteiger charge is 2.10. The highest BCUT2D eigenvalue weighted by molar-refractivity contribution is 7.89. The van der Waals surface area contributed by atoms with Gasteiger partial charge in [0.2, 0.25) is 10.0 Å². The van der Waals surface area contributed by atoms with E-state index in [-0.39, 0.29) is 25.1 Å². The van der Waals surface area contributed by atoms with Gasteiger partial charge in [0.25, 0.3) is 0 Å². The number of nitrogens with zero attached hydrogens (tertiary/aromatic N) is 1. The van der Waals surface area contributed by atoms with E-state index in [1.807, 2.05) is 0 Å². The standard InChI is InChI=1S/C11H16N2O4S/c14-11(15)5-3-8-13-18(16,17)9-6-10-4-1-2-7-12-10/h1-2,4,7,13H,3,5-6,8-9H2,(H,14,15). The van der Waals surface area contributed by atoms with E-state index >= 15 is 0 Å². The van der Waals surface area contributed by atoms with Crippen LogP contribution >= 0.6 is 0 Å². The highest BCUT2D eigenvalue weighted by atomic mass is 32.2. The summed E-state index contributed by atoms with van der Waals surface area (Å²) in [5.41, 5.74) is 0.716. The molecule has 0 aromatic carbocycles. The molecule has 18 heavy (non-hydrogen) atoms. The molecule has 0 saturated carbocycles. The van der Waals surface area contributed by atoms with Gasteiger partial charge in [-0.25, -0.2) is 13.1 Å². The Hall–Kier alpha value is -1.47. The Bertz CT molecular complexity index is 473. The number of hydrogen-bond donors (Lipinski definition) is 2. The monoisotopic (exact) mass is 272 g/mol. The summed E-state index contributed by atoms with van der Waals surface area (Å²) in [6.45, 7) is 0.150. The van der Waals surface area contributed by atoms with Crippen molar-refractivity contribution in [3.63, 3.8) is 0 Å². The van der Waals surface area contributed by atoms with E-state index in [9.17, 15) is 13.2 Å². The number of nitrogens with one attached hydrogen (secondary N) is 1. The number of rotatable bonds is 8. The van der Waals surface area contributed by atoms with Crippen LogP contribution in [0.15, 0.2) is 24.4 Å². The molecule has 0 fully saturated rings. The Morgan fingerprint density at radius 3 is 2.78 bits per heavy atom. The van der Waals surface area contributed by atoms with Crippen LogP contribution in [0.25, 0.3) is 0 Å². The predicted molar refractivity (Wildman–Crippen MR) is 66.6 cm³/mol. The van der Waals surface area contributed by atoms with Crippen LogP contribution in [0, 0.1) is 0 Å². The SMILES string of the molecule is O=C(O)CCCNS(=O)(=O)CCc1ccccn1. The summed E-state index contributed by atoms with van der Waals surface area (Å²) < 4.78 is 25.5. The number of sulfonamides is 1. The summed E-state index contributed by atoms with van der Waals surface area (Å²) in [6.07, 6.45) is 2.21. The molecule has 1 aromatic heterocycles. The molecule has 100 valence electrons. The third kappa shape index (κ3) is 6.31. The van der Waals surface area contributed by atoms with Gasteiger partial charge >= 0.3 is 5.97 Å². The summed E-state index contributed by atoms with van der Waals surface area (Å²) >= 11 is 0. The van der Waals surface area contributed by atoms with Gasteiger partial charge in [-0.05, 0) is 18.6 Å². The van der Waals surface area contributed by atoms with E-state index in [0.717, 1.165) is 0 Å². The first-order chi connectivity index (χ1) is 8.49. The minimum Gasteiger partial charge on any atom is -0.481 e. The van der Waals surface area contributed by atoms with E-state index < -0.39 is 16.0 Å². The van der Waals surface area contributed by atoms with Gasteiger partial charge in [0.15, 0.2) is 0 Å². The van der Waals surface area contributed by atoms with Crippen LogP contribution in [0.3, 0.4) is 0 Å². The smallest absolute Gasteiger partial charge is 0.303 e. The van der Waals surface area contributed by atoms with Gasteiger partial charge in [0, 0.05) is 31.3 Å². The Labute approximate surface area is 106 Å². The van der Waals surface area contributed by atoms with Crippen LogP contribution in [-0.2, 0) is 21.2 Å². The second-order valence-corrected chi connectivity index (χ2v) is 5.71. The lowest BCUT2D eigenvalue weighted by Gasteiger charge is -2.05. The molecule has 0 unspecified atom stereocenters. The maximum Gasteiger partial charge on any atom is 0.303 e. The van der Waals surface area contributed by atoms with Crippen molar-refractivity contribution in [1.82, 2.24) is 9.71 Å². The van der Waals surface area contributed by atoms with E-state index in [2.05, 4.69) is 9.71 Å². The number of aliphatic carboxylic acids is 1. The Kier molecular flexibility index (Phi) is 5.73. The maximum absolute atomic E-state index is 11.6. The summed E-state index contributed by atoms with van der Waals surface area (Å²) in [6, 6.07) is 5.33. The lowest BCUT2D eigenvalue weighted by Crippen LogP contribution is -2.28. The van der Waals surface area contributed by atoms with Crippen LogP contribution in [-0.4, -0.2) is 36.8 Å². The quantitative estimate of drug-likeness (QED) is 0.668. The summed E-state index contributed by atoms with van der Waals surface area (Å²) in [7, 11) is -3.36. The number of carbonyl (C=O) groups is 1. The molecule has 0 amide bonds. The predicted octanol–water partition coefficient (Wildman–Crippen LogP) is 0.408. The van der Waals surface area contributed by atoms with E-state index in [1.54, 1.807) is 24.4 Å². The molecular weight excluding hydrogens is 256 g/mol. The average molecular weight is 272 g/mol. The van der Waals surface area contributed by atoms with Crippen molar-refractivity contribution >= 4 is 16.0 Å². The minimum atomic E-state index is -3.36. The van der Waals surface area contributed by atoms with Crippen LogP contribution in [0.5, 0.6) is 0 Å². The van der Waals surface area contributed by atoms with Crippen LogP contribution in [0.4, 0.5) is 0 Å².